The molecular weight excluding hydrogens is 460 g/mol. The predicted octanol–water partition coefficient (Wildman–Crippen LogP) is 2.13. The lowest BCUT2D eigenvalue weighted by atomic mass is 10.1. The SMILES string of the molecule is CC(C)N(CC(=O)Nc1ccc(C#Cc2ccc(C(=O)N[C@H](C(=O)NO)[C@@H](C)O)cc2)cc1)C(C)C. The van der Waals surface area contributed by atoms with Crippen LogP contribution in [0.5, 0.6) is 0 Å². The summed E-state index contributed by atoms with van der Waals surface area (Å²) in [6, 6.07) is 12.9. The van der Waals surface area contributed by atoms with Gasteiger partial charge in [0.15, 0.2) is 0 Å². The van der Waals surface area contributed by atoms with Crippen molar-refractivity contribution < 1.29 is 24.7 Å². The number of hydrogen-bond acceptors (Lipinski definition) is 6. The van der Waals surface area contributed by atoms with E-state index in [4.69, 9.17) is 5.21 Å². The highest BCUT2D eigenvalue weighted by molar-refractivity contribution is 5.97. The summed E-state index contributed by atoms with van der Waals surface area (Å²) in [7, 11) is 0. The predicted molar refractivity (Wildman–Crippen MR) is 137 cm³/mol. The summed E-state index contributed by atoms with van der Waals surface area (Å²) in [5, 5.41) is 23.7. The van der Waals surface area contributed by atoms with E-state index in [2.05, 4.69) is 55.1 Å². The fourth-order valence-corrected chi connectivity index (χ4v) is 3.51. The van der Waals surface area contributed by atoms with Crippen LogP contribution in [0.1, 0.15) is 56.1 Å². The summed E-state index contributed by atoms with van der Waals surface area (Å²) in [6.07, 6.45) is -1.19. The molecule has 3 amide bonds. The molecule has 9 heteroatoms. The molecule has 2 aromatic rings. The Morgan fingerprint density at radius 3 is 1.81 bits per heavy atom. The zero-order valence-corrected chi connectivity index (χ0v) is 21.2. The van der Waals surface area contributed by atoms with Crippen LogP contribution >= 0.6 is 0 Å². The first-order valence-electron chi connectivity index (χ1n) is 11.7. The number of carbonyl (C=O) groups excluding carboxylic acids is 3. The Balaban J connectivity index is 1.99. The molecule has 0 saturated carbocycles. The summed E-state index contributed by atoms with van der Waals surface area (Å²) in [5.74, 6) is 4.48. The molecule has 192 valence electrons. The molecule has 36 heavy (non-hydrogen) atoms. The van der Waals surface area contributed by atoms with Crippen LogP contribution in [0.2, 0.25) is 0 Å². The topological polar surface area (TPSA) is 131 Å². The van der Waals surface area contributed by atoms with Gasteiger partial charge in [-0.15, -0.1) is 0 Å². The van der Waals surface area contributed by atoms with E-state index in [0.717, 1.165) is 5.56 Å². The molecule has 0 radical (unpaired) electrons. The molecule has 0 heterocycles. The molecule has 0 spiro atoms. The largest absolute Gasteiger partial charge is 0.391 e. The van der Waals surface area contributed by atoms with Crippen LogP contribution < -0.4 is 16.1 Å². The molecule has 0 bridgehead atoms. The zero-order valence-electron chi connectivity index (χ0n) is 21.2. The van der Waals surface area contributed by atoms with Crippen molar-refractivity contribution in [2.75, 3.05) is 11.9 Å². The van der Waals surface area contributed by atoms with E-state index in [1.807, 2.05) is 12.1 Å². The first-order valence-corrected chi connectivity index (χ1v) is 11.7. The molecule has 9 nitrogen and oxygen atoms in total. The second-order valence-corrected chi connectivity index (χ2v) is 8.98. The third kappa shape index (κ3) is 8.50. The Bertz CT molecular complexity index is 1090. The summed E-state index contributed by atoms with van der Waals surface area (Å²) >= 11 is 0. The van der Waals surface area contributed by atoms with Gasteiger partial charge in [0.05, 0.1) is 12.6 Å². The highest BCUT2D eigenvalue weighted by Gasteiger charge is 2.25. The standard InChI is InChI=1S/C27H34N4O5/c1-17(2)31(18(3)4)16-24(33)28-23-14-10-21(11-15-23)7-6-20-8-12-22(13-9-20)26(34)29-25(19(5)32)27(35)30-36/h8-15,17-19,25,32,36H,16H2,1-5H3,(H,28,33)(H,29,34)(H,30,35)/t19-,25+/m1/s1. The van der Waals surface area contributed by atoms with Gasteiger partial charge in [0.2, 0.25) is 5.91 Å². The van der Waals surface area contributed by atoms with Crippen molar-refractivity contribution in [1.29, 1.82) is 0 Å². The number of anilines is 1. The molecule has 0 fully saturated rings. The lowest BCUT2D eigenvalue weighted by Crippen LogP contribution is -2.51. The zero-order chi connectivity index (χ0) is 26.8. The Morgan fingerprint density at radius 1 is 0.861 bits per heavy atom. The Morgan fingerprint density at radius 2 is 1.36 bits per heavy atom. The summed E-state index contributed by atoms with van der Waals surface area (Å²) in [4.78, 5) is 38.4. The Kier molecular flexibility index (Phi) is 10.6. The molecular formula is C27H34N4O5. The van der Waals surface area contributed by atoms with Gasteiger partial charge in [0, 0.05) is 34.5 Å². The number of amides is 3. The van der Waals surface area contributed by atoms with Gasteiger partial charge in [0.1, 0.15) is 6.04 Å². The van der Waals surface area contributed by atoms with Crippen LogP contribution in [-0.2, 0) is 9.59 Å². The fourth-order valence-electron chi connectivity index (χ4n) is 3.51. The lowest BCUT2D eigenvalue weighted by molar-refractivity contribution is -0.133. The van der Waals surface area contributed by atoms with E-state index in [0.29, 0.717) is 17.8 Å². The monoisotopic (exact) mass is 494 g/mol. The first-order chi connectivity index (χ1) is 17.0. The maximum Gasteiger partial charge on any atom is 0.268 e. The maximum atomic E-state index is 12.4. The molecule has 0 aliphatic carbocycles. The van der Waals surface area contributed by atoms with Crippen LogP contribution in [0, 0.1) is 11.8 Å². The van der Waals surface area contributed by atoms with Gasteiger partial charge in [-0.05, 0) is 83.1 Å². The minimum Gasteiger partial charge on any atom is -0.391 e. The number of benzene rings is 2. The number of hydrogen-bond donors (Lipinski definition) is 5. The molecule has 5 N–H and O–H groups in total. The van der Waals surface area contributed by atoms with Gasteiger partial charge in [-0.1, -0.05) is 11.8 Å². The third-order valence-corrected chi connectivity index (χ3v) is 5.48. The fraction of sp³-hybridized carbons (Fsp3) is 0.370. The van der Waals surface area contributed by atoms with Crippen LogP contribution in [0.15, 0.2) is 48.5 Å². The van der Waals surface area contributed by atoms with Crippen molar-refractivity contribution in [2.45, 2.75) is 58.8 Å². The van der Waals surface area contributed by atoms with Crippen molar-refractivity contribution in [3.05, 3.63) is 65.2 Å². The molecule has 0 aliphatic heterocycles. The van der Waals surface area contributed by atoms with E-state index >= 15 is 0 Å². The Labute approximate surface area is 211 Å². The van der Waals surface area contributed by atoms with Gasteiger partial charge in [-0.3, -0.25) is 24.5 Å². The van der Waals surface area contributed by atoms with E-state index in [9.17, 15) is 19.5 Å². The number of rotatable bonds is 9. The lowest BCUT2D eigenvalue weighted by Gasteiger charge is -2.29. The molecule has 2 rings (SSSR count). The van der Waals surface area contributed by atoms with Crippen molar-refractivity contribution in [3.8, 4) is 11.8 Å². The molecule has 0 aliphatic rings. The second kappa shape index (κ2) is 13.4. The van der Waals surface area contributed by atoms with Gasteiger partial charge in [-0.2, -0.15) is 0 Å². The van der Waals surface area contributed by atoms with Crippen LogP contribution in [0.4, 0.5) is 5.69 Å². The van der Waals surface area contributed by atoms with Gasteiger partial charge >= 0.3 is 0 Å². The van der Waals surface area contributed by atoms with E-state index in [1.165, 1.54) is 12.4 Å². The van der Waals surface area contributed by atoms with E-state index in [-0.39, 0.29) is 23.6 Å². The highest BCUT2D eigenvalue weighted by Crippen LogP contribution is 2.11. The molecule has 0 unspecified atom stereocenters. The van der Waals surface area contributed by atoms with Crippen molar-refractivity contribution in [2.24, 2.45) is 0 Å². The smallest absolute Gasteiger partial charge is 0.268 e. The summed E-state index contributed by atoms with van der Waals surface area (Å²) in [6.45, 7) is 9.90. The minimum absolute atomic E-state index is 0.0721. The quantitative estimate of drug-likeness (QED) is 0.206. The number of nitrogens with one attached hydrogen (secondary N) is 3. The van der Waals surface area contributed by atoms with Crippen LogP contribution in [0.25, 0.3) is 0 Å². The van der Waals surface area contributed by atoms with E-state index < -0.39 is 24.0 Å². The Hall–Kier alpha value is -3.71. The number of aliphatic hydroxyl groups excluding tert-OH is 1. The molecule has 0 aromatic heterocycles. The van der Waals surface area contributed by atoms with Crippen molar-refractivity contribution in [1.82, 2.24) is 15.7 Å². The number of aliphatic hydroxyl groups is 1. The van der Waals surface area contributed by atoms with Crippen LogP contribution in [0.3, 0.4) is 0 Å². The number of nitrogens with zero attached hydrogens (tertiary/aromatic N) is 1. The first kappa shape index (κ1) is 28.5. The molecule has 0 saturated heterocycles. The van der Waals surface area contributed by atoms with Crippen molar-refractivity contribution in [3.63, 3.8) is 0 Å². The van der Waals surface area contributed by atoms with Gasteiger partial charge < -0.3 is 15.7 Å². The second-order valence-electron chi connectivity index (χ2n) is 8.98. The normalized spacial score (nSPS) is 12.5. The number of hydroxylamine groups is 1. The molecule has 2 atom stereocenters. The number of carbonyl (C=O) groups is 3. The van der Waals surface area contributed by atoms with Gasteiger partial charge in [0.25, 0.3) is 11.8 Å². The van der Waals surface area contributed by atoms with Crippen molar-refractivity contribution >= 4 is 23.4 Å². The average molecular weight is 495 g/mol. The third-order valence-electron chi connectivity index (χ3n) is 5.48. The van der Waals surface area contributed by atoms with Gasteiger partial charge in [-0.25, -0.2) is 5.48 Å². The van der Waals surface area contributed by atoms with Crippen LogP contribution in [-0.4, -0.2) is 63.7 Å². The molecule has 2 aromatic carbocycles. The summed E-state index contributed by atoms with van der Waals surface area (Å²) in [5.41, 5.74) is 3.81. The average Bonchev–Trinajstić information content (AvgIpc) is 2.84. The maximum absolute atomic E-state index is 12.4. The highest BCUT2D eigenvalue weighted by atomic mass is 16.5. The van der Waals surface area contributed by atoms with E-state index in [1.54, 1.807) is 36.4 Å². The minimum atomic E-state index is -1.29. The summed E-state index contributed by atoms with van der Waals surface area (Å²) < 4.78 is 0.